The first kappa shape index (κ1) is 15.4. The third-order valence-corrected chi connectivity index (χ3v) is 3.51. The lowest BCUT2D eigenvalue weighted by molar-refractivity contribution is -0.135. The van der Waals surface area contributed by atoms with Gasteiger partial charge in [-0.1, -0.05) is 12.1 Å². The molecule has 2 N–H and O–H groups in total. The first-order valence-electron chi connectivity index (χ1n) is 7.07. The number of rotatable bonds is 4. The third kappa shape index (κ3) is 4.53. The molecule has 0 bridgehead atoms. The van der Waals surface area contributed by atoms with Crippen LogP contribution in [0.2, 0.25) is 0 Å². The molecule has 114 valence electrons. The molecule has 1 aromatic rings. The summed E-state index contributed by atoms with van der Waals surface area (Å²) < 4.78 is 13.0. The maximum Gasteiger partial charge on any atom is 0.242 e. The van der Waals surface area contributed by atoms with Gasteiger partial charge in [-0.3, -0.25) is 9.59 Å². The minimum atomic E-state index is -0.369. The molecule has 1 heterocycles. The van der Waals surface area contributed by atoms with Crippen LogP contribution in [0.25, 0.3) is 0 Å². The molecule has 0 radical (unpaired) electrons. The Morgan fingerprint density at radius 2 is 2.29 bits per heavy atom. The van der Waals surface area contributed by atoms with Crippen molar-refractivity contribution in [2.75, 3.05) is 26.2 Å². The minimum Gasteiger partial charge on any atom is -0.347 e. The average molecular weight is 293 g/mol. The zero-order valence-corrected chi connectivity index (χ0v) is 12.1. The summed E-state index contributed by atoms with van der Waals surface area (Å²) in [5, 5.41) is 5.80. The second-order valence-corrected chi connectivity index (χ2v) is 5.22. The van der Waals surface area contributed by atoms with Crippen molar-refractivity contribution in [3.05, 3.63) is 35.6 Å². The highest BCUT2D eigenvalue weighted by atomic mass is 19.1. The van der Waals surface area contributed by atoms with Crippen LogP contribution in [0.5, 0.6) is 0 Å². The lowest BCUT2D eigenvalue weighted by Crippen LogP contribution is -2.54. The lowest BCUT2D eigenvalue weighted by atomic mass is 10.1. The molecule has 2 rings (SSSR count). The normalized spacial score (nSPS) is 18.4. The van der Waals surface area contributed by atoms with Crippen molar-refractivity contribution in [3.8, 4) is 0 Å². The average Bonchev–Trinajstić information content (AvgIpc) is 2.45. The maximum atomic E-state index is 13.0. The van der Waals surface area contributed by atoms with Crippen LogP contribution in [0, 0.1) is 5.82 Å². The number of benzene rings is 1. The van der Waals surface area contributed by atoms with Gasteiger partial charge in [0.2, 0.25) is 11.8 Å². The standard InChI is InChI=1S/C15H20FN3O2/c1-11-9-17-5-6-19(11)15(21)10-18-14(20)8-12-3-2-4-13(16)7-12/h2-4,7,11,17H,5-6,8-10H2,1H3,(H,18,20)/t11-/m1/s1. The van der Waals surface area contributed by atoms with Crippen molar-refractivity contribution in [3.63, 3.8) is 0 Å². The predicted molar refractivity (Wildman–Crippen MR) is 77.2 cm³/mol. The van der Waals surface area contributed by atoms with Crippen molar-refractivity contribution in [1.29, 1.82) is 0 Å². The molecule has 2 amide bonds. The van der Waals surface area contributed by atoms with Crippen molar-refractivity contribution in [2.24, 2.45) is 0 Å². The highest BCUT2D eigenvalue weighted by Crippen LogP contribution is 2.05. The van der Waals surface area contributed by atoms with Gasteiger partial charge in [0.15, 0.2) is 0 Å². The largest absolute Gasteiger partial charge is 0.347 e. The van der Waals surface area contributed by atoms with Gasteiger partial charge < -0.3 is 15.5 Å². The van der Waals surface area contributed by atoms with E-state index in [2.05, 4.69) is 10.6 Å². The summed E-state index contributed by atoms with van der Waals surface area (Å²) in [4.78, 5) is 25.6. The van der Waals surface area contributed by atoms with Crippen molar-refractivity contribution in [1.82, 2.24) is 15.5 Å². The van der Waals surface area contributed by atoms with E-state index >= 15 is 0 Å². The van der Waals surface area contributed by atoms with E-state index in [4.69, 9.17) is 0 Å². The number of piperazine rings is 1. The monoisotopic (exact) mass is 293 g/mol. The van der Waals surface area contributed by atoms with Gasteiger partial charge in [0.1, 0.15) is 5.82 Å². The minimum absolute atomic E-state index is 0.0154. The number of carbonyl (C=O) groups is 2. The summed E-state index contributed by atoms with van der Waals surface area (Å²) in [5.74, 6) is -0.737. The summed E-state index contributed by atoms with van der Waals surface area (Å²) >= 11 is 0. The molecule has 0 aliphatic carbocycles. The van der Waals surface area contributed by atoms with Crippen LogP contribution < -0.4 is 10.6 Å². The molecule has 0 spiro atoms. The topological polar surface area (TPSA) is 61.4 Å². The summed E-state index contributed by atoms with van der Waals surface area (Å²) in [6.07, 6.45) is 0.0716. The van der Waals surface area contributed by atoms with Gasteiger partial charge in [-0.2, -0.15) is 0 Å². The number of hydrogen-bond donors (Lipinski definition) is 2. The fraction of sp³-hybridized carbons (Fsp3) is 0.467. The number of carbonyl (C=O) groups excluding carboxylic acids is 2. The molecule has 0 saturated carbocycles. The van der Waals surface area contributed by atoms with Crippen molar-refractivity contribution in [2.45, 2.75) is 19.4 Å². The van der Waals surface area contributed by atoms with E-state index in [9.17, 15) is 14.0 Å². The van der Waals surface area contributed by atoms with Crippen LogP contribution >= 0.6 is 0 Å². The summed E-state index contributed by atoms with van der Waals surface area (Å²) in [6, 6.07) is 6.02. The fourth-order valence-corrected chi connectivity index (χ4v) is 2.38. The van der Waals surface area contributed by atoms with Crippen molar-refractivity contribution < 1.29 is 14.0 Å². The van der Waals surface area contributed by atoms with Crippen LogP contribution in [0.3, 0.4) is 0 Å². The van der Waals surface area contributed by atoms with E-state index in [1.165, 1.54) is 12.1 Å². The maximum absolute atomic E-state index is 13.0. The molecule has 1 fully saturated rings. The van der Waals surface area contributed by atoms with Gasteiger partial charge in [-0.05, 0) is 24.6 Å². The second kappa shape index (κ2) is 7.17. The number of nitrogens with one attached hydrogen (secondary N) is 2. The molecule has 0 unspecified atom stereocenters. The summed E-state index contributed by atoms with van der Waals surface area (Å²) in [7, 11) is 0. The molecular weight excluding hydrogens is 273 g/mol. The molecule has 1 aliphatic heterocycles. The number of hydrogen-bond acceptors (Lipinski definition) is 3. The SMILES string of the molecule is C[C@@H]1CNCCN1C(=O)CNC(=O)Cc1cccc(F)c1. The predicted octanol–water partition coefficient (Wildman–Crippen LogP) is 0.305. The quantitative estimate of drug-likeness (QED) is 0.839. The van der Waals surface area contributed by atoms with E-state index in [0.29, 0.717) is 12.1 Å². The highest BCUT2D eigenvalue weighted by Gasteiger charge is 2.22. The van der Waals surface area contributed by atoms with E-state index in [0.717, 1.165) is 13.1 Å². The number of halogens is 1. The molecular formula is C15H20FN3O2. The number of nitrogens with zero attached hydrogens (tertiary/aromatic N) is 1. The lowest BCUT2D eigenvalue weighted by Gasteiger charge is -2.34. The molecule has 1 saturated heterocycles. The van der Waals surface area contributed by atoms with Gasteiger partial charge >= 0.3 is 0 Å². The van der Waals surface area contributed by atoms with Crippen LogP contribution in [0.15, 0.2) is 24.3 Å². The Morgan fingerprint density at radius 1 is 1.48 bits per heavy atom. The molecule has 0 aromatic heterocycles. The Morgan fingerprint density at radius 3 is 3.00 bits per heavy atom. The van der Waals surface area contributed by atoms with Gasteiger partial charge in [-0.25, -0.2) is 4.39 Å². The van der Waals surface area contributed by atoms with Crippen LogP contribution in [0.4, 0.5) is 4.39 Å². The van der Waals surface area contributed by atoms with Gasteiger partial charge in [0.05, 0.1) is 13.0 Å². The van der Waals surface area contributed by atoms with E-state index < -0.39 is 0 Å². The van der Waals surface area contributed by atoms with Crippen molar-refractivity contribution >= 4 is 11.8 Å². The van der Waals surface area contributed by atoms with E-state index in [1.807, 2.05) is 6.92 Å². The van der Waals surface area contributed by atoms with Crippen LogP contribution in [0.1, 0.15) is 12.5 Å². The molecule has 1 aliphatic rings. The van der Waals surface area contributed by atoms with Gasteiger partial charge in [0, 0.05) is 25.7 Å². The fourth-order valence-electron chi connectivity index (χ4n) is 2.38. The first-order valence-corrected chi connectivity index (χ1v) is 7.07. The first-order chi connectivity index (χ1) is 10.1. The Hall–Kier alpha value is -1.95. The van der Waals surface area contributed by atoms with E-state index in [-0.39, 0.29) is 36.6 Å². The van der Waals surface area contributed by atoms with E-state index in [1.54, 1.807) is 17.0 Å². The Kier molecular flexibility index (Phi) is 5.27. The molecule has 21 heavy (non-hydrogen) atoms. The molecule has 1 aromatic carbocycles. The highest BCUT2D eigenvalue weighted by molar-refractivity contribution is 5.85. The Bertz CT molecular complexity index is 521. The smallest absolute Gasteiger partial charge is 0.242 e. The summed E-state index contributed by atoms with van der Waals surface area (Å²) in [6.45, 7) is 4.15. The van der Waals surface area contributed by atoms with Gasteiger partial charge in [-0.15, -0.1) is 0 Å². The Labute approximate surface area is 123 Å². The molecule has 6 heteroatoms. The van der Waals surface area contributed by atoms with Gasteiger partial charge in [0.25, 0.3) is 0 Å². The third-order valence-electron chi connectivity index (χ3n) is 3.51. The number of amides is 2. The zero-order chi connectivity index (χ0) is 15.2. The Balaban J connectivity index is 1.79. The molecule has 1 atom stereocenters. The summed E-state index contributed by atoms with van der Waals surface area (Å²) in [5.41, 5.74) is 0.593. The van der Waals surface area contributed by atoms with Crippen LogP contribution in [-0.4, -0.2) is 48.9 Å². The van der Waals surface area contributed by atoms with Crippen LogP contribution in [-0.2, 0) is 16.0 Å². The second-order valence-electron chi connectivity index (χ2n) is 5.22. The molecule has 5 nitrogen and oxygen atoms in total. The zero-order valence-electron chi connectivity index (χ0n) is 12.1.